The molecule has 6 heteroatoms. The molecule has 0 aromatic carbocycles. The number of nitrogens with zero attached hydrogens (tertiary/aromatic N) is 1. The molecule has 4 nitrogen and oxygen atoms in total. The average Bonchev–Trinajstić information content (AvgIpc) is 2.17. The van der Waals surface area contributed by atoms with Crippen molar-refractivity contribution in [2.75, 3.05) is 0 Å². The van der Waals surface area contributed by atoms with Crippen LogP contribution in [-0.2, 0) is 13.2 Å². The first-order valence-corrected chi connectivity index (χ1v) is 3.90. The van der Waals surface area contributed by atoms with Crippen molar-refractivity contribution in [1.29, 1.82) is 0 Å². The minimum absolute atomic E-state index is 0.0464. The van der Waals surface area contributed by atoms with Gasteiger partial charge in [0.15, 0.2) is 0 Å². The molecule has 1 aromatic rings. The summed E-state index contributed by atoms with van der Waals surface area (Å²) in [6.45, 7) is -0.733. The topological polar surface area (TPSA) is 79.4 Å². The highest BCUT2D eigenvalue weighted by Crippen LogP contribution is 2.30. The molecule has 0 unspecified atom stereocenters. The van der Waals surface area contributed by atoms with Gasteiger partial charge in [-0.15, -0.1) is 0 Å². The Hall–Kier alpha value is -1.27. The lowest BCUT2D eigenvalue weighted by molar-refractivity contribution is 0.149. The normalized spacial score (nSPS) is 10.9. The number of rotatable bonds is 3. The molecule has 0 aliphatic heterocycles. The van der Waals surface area contributed by atoms with Crippen LogP contribution in [0.4, 0.5) is 8.78 Å². The van der Waals surface area contributed by atoms with Gasteiger partial charge >= 0.3 is 0 Å². The van der Waals surface area contributed by atoms with E-state index in [1.807, 2.05) is 0 Å². The fourth-order valence-corrected chi connectivity index (χ4v) is 1.12. The smallest absolute Gasteiger partial charge is 0.265 e. The Bertz CT molecular complexity index is 331. The van der Waals surface area contributed by atoms with Gasteiger partial charge in [0.05, 0.1) is 6.61 Å². The van der Waals surface area contributed by atoms with Crippen LogP contribution in [0, 0.1) is 0 Å². The van der Waals surface area contributed by atoms with E-state index in [0.29, 0.717) is 0 Å². The van der Waals surface area contributed by atoms with E-state index >= 15 is 0 Å². The number of aliphatic hydroxyl groups is 1. The van der Waals surface area contributed by atoms with Crippen LogP contribution in [0.15, 0.2) is 6.20 Å². The summed E-state index contributed by atoms with van der Waals surface area (Å²) < 4.78 is 24.7. The second kappa shape index (κ2) is 4.30. The van der Waals surface area contributed by atoms with Crippen LogP contribution < -0.4 is 5.73 Å². The Morgan fingerprint density at radius 1 is 1.50 bits per heavy atom. The lowest BCUT2D eigenvalue weighted by Crippen LogP contribution is -2.06. The van der Waals surface area contributed by atoms with Gasteiger partial charge in [0.1, 0.15) is 11.4 Å². The number of aromatic nitrogens is 1. The SMILES string of the molecule is NCc1c(C(F)F)cnc(CO)c1O. The van der Waals surface area contributed by atoms with E-state index < -0.39 is 24.3 Å². The summed E-state index contributed by atoms with van der Waals surface area (Å²) in [6.07, 6.45) is -1.82. The number of nitrogens with two attached hydrogens (primary N) is 1. The number of hydrogen-bond acceptors (Lipinski definition) is 4. The highest BCUT2D eigenvalue weighted by molar-refractivity contribution is 5.41. The second-order valence-corrected chi connectivity index (χ2v) is 2.65. The Balaban J connectivity index is 3.28. The summed E-state index contributed by atoms with van der Waals surface area (Å²) in [5.74, 6) is -0.451. The van der Waals surface area contributed by atoms with Crippen molar-refractivity contribution >= 4 is 0 Å². The predicted octanol–water partition coefficient (Wildman–Crippen LogP) is 0.676. The maximum absolute atomic E-state index is 12.4. The van der Waals surface area contributed by atoms with E-state index in [4.69, 9.17) is 10.8 Å². The third-order valence-electron chi connectivity index (χ3n) is 1.86. The molecule has 0 fully saturated rings. The molecule has 0 amide bonds. The summed E-state index contributed by atoms with van der Waals surface area (Å²) in [5, 5.41) is 18.1. The standard InChI is InChI=1S/C8H10F2N2O2/c9-8(10)5-2-12-6(3-13)7(14)4(5)1-11/h2,8,13-14H,1,3,11H2. The molecule has 0 radical (unpaired) electrons. The summed E-state index contributed by atoms with van der Waals surface area (Å²) >= 11 is 0. The molecule has 0 aliphatic rings. The molecule has 0 atom stereocenters. The fourth-order valence-electron chi connectivity index (χ4n) is 1.12. The third kappa shape index (κ3) is 1.80. The Morgan fingerprint density at radius 3 is 2.57 bits per heavy atom. The summed E-state index contributed by atoms with van der Waals surface area (Å²) in [5.41, 5.74) is 4.69. The highest BCUT2D eigenvalue weighted by Gasteiger charge is 2.18. The van der Waals surface area contributed by atoms with Crippen LogP contribution in [-0.4, -0.2) is 15.2 Å². The van der Waals surface area contributed by atoms with Gasteiger partial charge in [0.25, 0.3) is 6.43 Å². The minimum atomic E-state index is -2.74. The molecular formula is C8H10F2N2O2. The van der Waals surface area contributed by atoms with Gasteiger partial charge in [-0.1, -0.05) is 0 Å². The largest absolute Gasteiger partial charge is 0.506 e. The van der Waals surface area contributed by atoms with Gasteiger partial charge in [0.2, 0.25) is 0 Å². The molecule has 1 heterocycles. The van der Waals surface area contributed by atoms with Gasteiger partial charge in [-0.2, -0.15) is 0 Å². The Morgan fingerprint density at radius 2 is 2.14 bits per heavy atom. The lowest BCUT2D eigenvalue weighted by atomic mass is 10.1. The van der Waals surface area contributed by atoms with Crippen molar-refractivity contribution in [3.8, 4) is 5.75 Å². The number of hydrogen-bond donors (Lipinski definition) is 3. The van der Waals surface area contributed by atoms with Crippen molar-refractivity contribution in [3.63, 3.8) is 0 Å². The van der Waals surface area contributed by atoms with E-state index in [1.165, 1.54) is 0 Å². The maximum atomic E-state index is 12.4. The minimum Gasteiger partial charge on any atom is -0.506 e. The first-order chi connectivity index (χ1) is 6.61. The zero-order valence-corrected chi connectivity index (χ0v) is 7.24. The van der Waals surface area contributed by atoms with Crippen LogP contribution in [0.25, 0.3) is 0 Å². The third-order valence-corrected chi connectivity index (χ3v) is 1.86. The molecule has 78 valence electrons. The average molecular weight is 204 g/mol. The van der Waals surface area contributed by atoms with Crippen LogP contribution in [0.1, 0.15) is 23.2 Å². The zero-order valence-electron chi connectivity index (χ0n) is 7.24. The zero-order chi connectivity index (χ0) is 10.7. The molecule has 0 saturated carbocycles. The van der Waals surface area contributed by atoms with E-state index in [2.05, 4.69) is 4.98 Å². The van der Waals surface area contributed by atoms with Gasteiger partial charge in [-0.3, -0.25) is 4.98 Å². The highest BCUT2D eigenvalue weighted by atomic mass is 19.3. The first-order valence-electron chi connectivity index (χ1n) is 3.90. The van der Waals surface area contributed by atoms with Crippen LogP contribution in [0.3, 0.4) is 0 Å². The molecule has 0 spiro atoms. The molecule has 0 bridgehead atoms. The summed E-state index contributed by atoms with van der Waals surface area (Å²) in [7, 11) is 0. The first kappa shape index (κ1) is 10.8. The summed E-state index contributed by atoms with van der Waals surface area (Å²) in [4.78, 5) is 3.49. The second-order valence-electron chi connectivity index (χ2n) is 2.65. The number of pyridine rings is 1. The van der Waals surface area contributed by atoms with Gasteiger partial charge in [-0.25, -0.2) is 8.78 Å². The molecule has 1 rings (SSSR count). The number of alkyl halides is 2. The number of aliphatic hydroxyl groups excluding tert-OH is 1. The fraction of sp³-hybridized carbons (Fsp3) is 0.375. The van der Waals surface area contributed by atoms with Crippen LogP contribution in [0.5, 0.6) is 5.75 Å². The Labute approximate surface area is 79.0 Å². The maximum Gasteiger partial charge on any atom is 0.265 e. The molecular weight excluding hydrogens is 194 g/mol. The van der Waals surface area contributed by atoms with Crippen LogP contribution >= 0.6 is 0 Å². The van der Waals surface area contributed by atoms with Crippen molar-refractivity contribution < 1.29 is 19.0 Å². The monoisotopic (exact) mass is 204 g/mol. The molecule has 4 N–H and O–H groups in total. The molecule has 1 aromatic heterocycles. The molecule has 14 heavy (non-hydrogen) atoms. The lowest BCUT2D eigenvalue weighted by Gasteiger charge is -2.10. The van der Waals surface area contributed by atoms with E-state index in [9.17, 15) is 13.9 Å². The van der Waals surface area contributed by atoms with Crippen LogP contribution in [0.2, 0.25) is 0 Å². The number of aromatic hydroxyl groups is 1. The van der Waals surface area contributed by atoms with Crippen molar-refractivity contribution in [3.05, 3.63) is 23.0 Å². The van der Waals surface area contributed by atoms with Crippen molar-refractivity contribution in [1.82, 2.24) is 4.98 Å². The number of halogens is 2. The molecule has 0 aliphatic carbocycles. The van der Waals surface area contributed by atoms with E-state index in [-0.39, 0.29) is 17.8 Å². The quantitative estimate of drug-likeness (QED) is 0.676. The molecule has 0 saturated heterocycles. The van der Waals surface area contributed by atoms with Crippen molar-refractivity contribution in [2.45, 2.75) is 19.6 Å². The summed E-state index contributed by atoms with van der Waals surface area (Å²) in [6, 6.07) is 0. The van der Waals surface area contributed by atoms with E-state index in [0.717, 1.165) is 6.20 Å². The van der Waals surface area contributed by atoms with Gasteiger partial charge in [-0.05, 0) is 0 Å². The van der Waals surface area contributed by atoms with E-state index in [1.54, 1.807) is 0 Å². The van der Waals surface area contributed by atoms with Gasteiger partial charge in [0, 0.05) is 23.9 Å². The van der Waals surface area contributed by atoms with Gasteiger partial charge < -0.3 is 15.9 Å². The Kier molecular flexibility index (Phi) is 3.32. The predicted molar refractivity (Wildman–Crippen MR) is 44.7 cm³/mol. The van der Waals surface area contributed by atoms with Crippen molar-refractivity contribution in [2.24, 2.45) is 5.73 Å².